The summed E-state index contributed by atoms with van der Waals surface area (Å²) in [5.41, 5.74) is 3.90. The summed E-state index contributed by atoms with van der Waals surface area (Å²) < 4.78 is 0. The van der Waals surface area contributed by atoms with E-state index in [1.54, 1.807) is 6.08 Å². The third-order valence-electron chi connectivity index (χ3n) is 2.62. The van der Waals surface area contributed by atoms with Crippen LogP contribution in [-0.2, 0) is 6.42 Å². The molecule has 1 rings (SSSR count). The Balaban J connectivity index is 2.68. The first-order valence-corrected chi connectivity index (χ1v) is 5.92. The van der Waals surface area contributed by atoms with Gasteiger partial charge >= 0.3 is 0 Å². The average molecular weight is 224 g/mol. The summed E-state index contributed by atoms with van der Waals surface area (Å²) in [6.07, 6.45) is 11.9. The van der Waals surface area contributed by atoms with E-state index in [2.05, 4.69) is 56.5 Å². The summed E-state index contributed by atoms with van der Waals surface area (Å²) in [6, 6.07) is 8.66. The van der Waals surface area contributed by atoms with E-state index in [0.717, 1.165) is 12.8 Å². The standard InChI is InChI=1S/C17H20/c1-4-6-7-8-10-15(3)17-13-11-16(9-5-2)12-14-17/h4-7,10-14H,1-2,8-9H2,3H3/b7-6?,15-10+. The van der Waals surface area contributed by atoms with Gasteiger partial charge in [0.1, 0.15) is 0 Å². The molecule has 0 aliphatic rings. The molecule has 0 heterocycles. The zero-order valence-corrected chi connectivity index (χ0v) is 10.5. The molecule has 0 amide bonds. The molecule has 0 bridgehead atoms. The van der Waals surface area contributed by atoms with Crippen molar-refractivity contribution in [1.29, 1.82) is 0 Å². The molecule has 0 aliphatic heterocycles. The van der Waals surface area contributed by atoms with Crippen LogP contribution in [0.3, 0.4) is 0 Å². The molecule has 0 radical (unpaired) electrons. The van der Waals surface area contributed by atoms with E-state index in [0.29, 0.717) is 0 Å². The zero-order valence-electron chi connectivity index (χ0n) is 10.5. The molecule has 17 heavy (non-hydrogen) atoms. The lowest BCUT2D eigenvalue weighted by atomic mass is 10.0. The first-order valence-electron chi connectivity index (χ1n) is 5.92. The molecule has 0 heteroatoms. The summed E-state index contributed by atoms with van der Waals surface area (Å²) in [4.78, 5) is 0. The lowest BCUT2D eigenvalue weighted by Gasteiger charge is -2.03. The van der Waals surface area contributed by atoms with Gasteiger partial charge in [-0.3, -0.25) is 0 Å². The SMILES string of the molecule is C=CC=CC/C=C(\C)c1ccc(CC=C)cc1. The van der Waals surface area contributed by atoms with Crippen molar-refractivity contribution in [2.75, 3.05) is 0 Å². The van der Waals surface area contributed by atoms with Gasteiger partial charge in [-0.2, -0.15) is 0 Å². The largest absolute Gasteiger partial charge is 0.103 e. The molecule has 1 aromatic carbocycles. The predicted molar refractivity (Wildman–Crippen MR) is 77.9 cm³/mol. The van der Waals surface area contributed by atoms with Crippen LogP contribution in [0.15, 0.2) is 67.8 Å². The van der Waals surface area contributed by atoms with Crippen molar-refractivity contribution in [3.63, 3.8) is 0 Å². The first-order chi connectivity index (χ1) is 8.27. The Morgan fingerprint density at radius 2 is 1.88 bits per heavy atom. The minimum absolute atomic E-state index is 0.936. The number of hydrogen-bond acceptors (Lipinski definition) is 0. The van der Waals surface area contributed by atoms with Gasteiger partial charge < -0.3 is 0 Å². The Morgan fingerprint density at radius 3 is 2.47 bits per heavy atom. The molecule has 0 N–H and O–H groups in total. The lowest BCUT2D eigenvalue weighted by molar-refractivity contribution is 1.27. The Morgan fingerprint density at radius 1 is 1.18 bits per heavy atom. The van der Waals surface area contributed by atoms with Crippen LogP contribution < -0.4 is 0 Å². The van der Waals surface area contributed by atoms with Gasteiger partial charge in [-0.05, 0) is 36.5 Å². The molecular formula is C17H20. The quantitative estimate of drug-likeness (QED) is 0.473. The number of benzene rings is 1. The minimum atomic E-state index is 0.936. The van der Waals surface area contributed by atoms with Crippen LogP contribution >= 0.6 is 0 Å². The van der Waals surface area contributed by atoms with Crippen molar-refractivity contribution < 1.29 is 0 Å². The summed E-state index contributed by atoms with van der Waals surface area (Å²) in [5.74, 6) is 0. The number of rotatable bonds is 6. The fourth-order valence-electron chi connectivity index (χ4n) is 1.61. The fourth-order valence-corrected chi connectivity index (χ4v) is 1.61. The second-order valence-electron chi connectivity index (χ2n) is 3.98. The third-order valence-corrected chi connectivity index (χ3v) is 2.62. The van der Waals surface area contributed by atoms with Crippen LogP contribution in [-0.4, -0.2) is 0 Å². The van der Waals surface area contributed by atoms with Gasteiger partial charge in [-0.15, -0.1) is 6.58 Å². The second kappa shape index (κ2) is 7.45. The predicted octanol–water partition coefficient (Wildman–Crippen LogP) is 4.95. The molecule has 0 unspecified atom stereocenters. The maximum Gasteiger partial charge on any atom is -0.0100 e. The van der Waals surface area contributed by atoms with Crippen molar-refractivity contribution >= 4 is 5.57 Å². The van der Waals surface area contributed by atoms with Crippen molar-refractivity contribution in [2.24, 2.45) is 0 Å². The van der Waals surface area contributed by atoms with Crippen molar-refractivity contribution in [1.82, 2.24) is 0 Å². The van der Waals surface area contributed by atoms with Gasteiger partial charge in [0.2, 0.25) is 0 Å². The van der Waals surface area contributed by atoms with Gasteiger partial charge in [0.05, 0.1) is 0 Å². The molecule has 0 saturated heterocycles. The summed E-state index contributed by atoms with van der Waals surface area (Å²) >= 11 is 0. The summed E-state index contributed by atoms with van der Waals surface area (Å²) in [5, 5.41) is 0. The van der Waals surface area contributed by atoms with E-state index < -0.39 is 0 Å². The Bertz CT molecular complexity index is 416. The highest BCUT2D eigenvalue weighted by molar-refractivity contribution is 5.63. The van der Waals surface area contributed by atoms with E-state index >= 15 is 0 Å². The third kappa shape index (κ3) is 4.69. The van der Waals surface area contributed by atoms with Crippen molar-refractivity contribution in [2.45, 2.75) is 19.8 Å². The Hall–Kier alpha value is -1.82. The second-order valence-corrected chi connectivity index (χ2v) is 3.98. The van der Waals surface area contributed by atoms with Crippen LogP contribution in [0.1, 0.15) is 24.5 Å². The minimum Gasteiger partial charge on any atom is -0.103 e. The molecule has 0 atom stereocenters. The van der Waals surface area contributed by atoms with Gasteiger partial charge in [0, 0.05) is 0 Å². The first kappa shape index (κ1) is 13.2. The van der Waals surface area contributed by atoms with Crippen LogP contribution in [0.2, 0.25) is 0 Å². The summed E-state index contributed by atoms with van der Waals surface area (Å²) in [6.45, 7) is 9.53. The van der Waals surface area contributed by atoms with E-state index in [4.69, 9.17) is 0 Å². The van der Waals surface area contributed by atoms with Crippen LogP contribution in [0.4, 0.5) is 0 Å². The molecular weight excluding hydrogens is 204 g/mol. The molecule has 0 aliphatic carbocycles. The summed E-state index contributed by atoms with van der Waals surface area (Å²) in [7, 11) is 0. The molecule has 0 fully saturated rings. The smallest absolute Gasteiger partial charge is 0.0100 e. The van der Waals surface area contributed by atoms with E-state index in [-0.39, 0.29) is 0 Å². The molecule has 0 nitrogen and oxygen atoms in total. The van der Waals surface area contributed by atoms with Crippen LogP contribution in [0, 0.1) is 0 Å². The zero-order chi connectivity index (χ0) is 12.5. The lowest BCUT2D eigenvalue weighted by Crippen LogP contribution is -1.83. The maximum absolute atomic E-state index is 3.74. The normalized spacial score (nSPS) is 11.7. The van der Waals surface area contributed by atoms with Gasteiger partial charge in [-0.25, -0.2) is 0 Å². The maximum atomic E-state index is 3.74. The fraction of sp³-hybridized carbons (Fsp3) is 0.176. The average Bonchev–Trinajstić information content (AvgIpc) is 2.36. The monoisotopic (exact) mass is 224 g/mol. The van der Waals surface area contributed by atoms with Crippen LogP contribution in [0.25, 0.3) is 5.57 Å². The number of allylic oxidation sites excluding steroid dienone is 6. The molecule has 0 aromatic heterocycles. The van der Waals surface area contributed by atoms with Crippen molar-refractivity contribution in [3.05, 3.63) is 78.9 Å². The Labute approximate surface area is 105 Å². The van der Waals surface area contributed by atoms with Crippen LogP contribution in [0.5, 0.6) is 0 Å². The van der Waals surface area contributed by atoms with Gasteiger partial charge in [0.15, 0.2) is 0 Å². The van der Waals surface area contributed by atoms with E-state index in [9.17, 15) is 0 Å². The molecule has 1 aromatic rings. The molecule has 0 spiro atoms. The van der Waals surface area contributed by atoms with Gasteiger partial charge in [-0.1, -0.05) is 61.2 Å². The molecule has 88 valence electrons. The molecule has 0 saturated carbocycles. The topological polar surface area (TPSA) is 0 Å². The highest BCUT2D eigenvalue weighted by Crippen LogP contribution is 2.15. The van der Waals surface area contributed by atoms with Crippen molar-refractivity contribution in [3.8, 4) is 0 Å². The number of hydrogen-bond donors (Lipinski definition) is 0. The van der Waals surface area contributed by atoms with E-state index in [1.165, 1.54) is 16.7 Å². The Kier molecular flexibility index (Phi) is 5.81. The van der Waals surface area contributed by atoms with E-state index in [1.807, 2.05) is 12.2 Å². The van der Waals surface area contributed by atoms with Gasteiger partial charge in [0.25, 0.3) is 0 Å². The highest BCUT2D eigenvalue weighted by Gasteiger charge is 1.95. The highest BCUT2D eigenvalue weighted by atomic mass is 14.0.